The minimum Gasteiger partial charge on any atom is -0.438 e. The Labute approximate surface area is 111 Å². The van der Waals surface area contributed by atoms with E-state index in [1.807, 2.05) is 0 Å². The van der Waals surface area contributed by atoms with Crippen LogP contribution in [0.25, 0.3) is 0 Å². The average molecular weight is 263 g/mol. The van der Waals surface area contributed by atoms with Crippen LogP contribution in [0.2, 0.25) is 0 Å². The summed E-state index contributed by atoms with van der Waals surface area (Å²) in [6.07, 6.45) is 2.94. The quantitative estimate of drug-likeness (QED) is 0.781. The lowest BCUT2D eigenvalue weighted by atomic mass is 9.88. The van der Waals surface area contributed by atoms with Gasteiger partial charge in [0.1, 0.15) is 0 Å². The lowest BCUT2D eigenvalue weighted by molar-refractivity contribution is 0.0429. The maximum absolute atomic E-state index is 12.4. The molecule has 1 aromatic rings. The highest BCUT2D eigenvalue weighted by Crippen LogP contribution is 2.22. The molecule has 0 saturated carbocycles. The zero-order chi connectivity index (χ0) is 13.7. The van der Waals surface area contributed by atoms with Gasteiger partial charge in [0.25, 0.3) is 0 Å². The number of nitrogens with one attached hydrogen (secondary N) is 1. The molecule has 6 nitrogen and oxygen atoms in total. The van der Waals surface area contributed by atoms with Crippen molar-refractivity contribution in [2.45, 2.75) is 18.9 Å². The topological polar surface area (TPSA) is 94.3 Å². The molecule has 102 valence electrons. The number of Topliss-reactive ketones (excluding diaryl/α,β-unsaturated/α-hetero) is 1. The Kier molecular flexibility index (Phi) is 4.46. The zero-order valence-electron chi connectivity index (χ0n) is 10.5. The second-order valence-corrected chi connectivity index (χ2v) is 4.55. The van der Waals surface area contributed by atoms with Crippen molar-refractivity contribution in [2.75, 3.05) is 13.1 Å². The monoisotopic (exact) mass is 263 g/mol. The number of hydrogen-bond donors (Lipinski definition) is 2. The van der Waals surface area contributed by atoms with E-state index in [4.69, 9.17) is 10.5 Å². The summed E-state index contributed by atoms with van der Waals surface area (Å²) < 4.78 is 5.05. The first kappa shape index (κ1) is 13.5. The summed E-state index contributed by atoms with van der Waals surface area (Å²) in [6, 6.07) is 3.22. The maximum atomic E-state index is 12.4. The number of amides is 1. The predicted octanol–water partition coefficient (Wildman–Crippen LogP) is 0.728. The largest absolute Gasteiger partial charge is 0.438 e. The number of aromatic nitrogens is 1. The van der Waals surface area contributed by atoms with E-state index < -0.39 is 12.2 Å². The Bertz CT molecular complexity index is 444. The molecule has 19 heavy (non-hydrogen) atoms. The van der Waals surface area contributed by atoms with E-state index in [9.17, 15) is 9.59 Å². The Morgan fingerprint density at radius 3 is 2.53 bits per heavy atom. The summed E-state index contributed by atoms with van der Waals surface area (Å²) in [7, 11) is 0. The molecule has 1 amide bonds. The number of nitrogens with two attached hydrogens (primary N) is 1. The van der Waals surface area contributed by atoms with E-state index in [1.54, 1.807) is 12.1 Å². The van der Waals surface area contributed by atoms with Crippen LogP contribution in [0.4, 0.5) is 4.79 Å². The van der Waals surface area contributed by atoms with Crippen LogP contribution >= 0.6 is 0 Å². The van der Waals surface area contributed by atoms with Gasteiger partial charge in [0, 0.05) is 23.9 Å². The number of carbonyl (C=O) groups excluding carboxylic acids is 2. The molecule has 2 rings (SSSR count). The van der Waals surface area contributed by atoms with Gasteiger partial charge in [0.2, 0.25) is 5.78 Å². The van der Waals surface area contributed by atoms with Crippen molar-refractivity contribution in [3.05, 3.63) is 30.1 Å². The highest BCUT2D eigenvalue weighted by Gasteiger charge is 2.32. The molecule has 1 unspecified atom stereocenters. The third kappa shape index (κ3) is 3.51. The van der Waals surface area contributed by atoms with Gasteiger partial charge in [-0.05, 0) is 38.1 Å². The molecule has 1 aliphatic heterocycles. The molecule has 1 aliphatic rings. The number of ketones is 1. The summed E-state index contributed by atoms with van der Waals surface area (Å²) in [5.41, 5.74) is 5.56. The summed E-state index contributed by atoms with van der Waals surface area (Å²) in [5.74, 6) is -0.206. The molecule has 0 aliphatic carbocycles. The Hall–Kier alpha value is -1.95. The first-order valence-electron chi connectivity index (χ1n) is 6.29. The normalized spacial score (nSPS) is 17.7. The third-order valence-corrected chi connectivity index (χ3v) is 3.28. The van der Waals surface area contributed by atoms with Gasteiger partial charge in [0.05, 0.1) is 0 Å². The summed E-state index contributed by atoms with van der Waals surface area (Å²) >= 11 is 0. The number of primary amides is 1. The van der Waals surface area contributed by atoms with Gasteiger partial charge in [-0.3, -0.25) is 9.78 Å². The fourth-order valence-electron chi connectivity index (χ4n) is 2.32. The molecule has 2 heterocycles. The van der Waals surface area contributed by atoms with Crippen LogP contribution in [0.5, 0.6) is 0 Å². The minimum atomic E-state index is -0.911. The molecule has 0 spiro atoms. The van der Waals surface area contributed by atoms with Gasteiger partial charge in [-0.25, -0.2) is 4.79 Å². The van der Waals surface area contributed by atoms with Crippen molar-refractivity contribution in [3.8, 4) is 0 Å². The fraction of sp³-hybridized carbons (Fsp3) is 0.462. The molecular weight excluding hydrogens is 246 g/mol. The van der Waals surface area contributed by atoms with Crippen LogP contribution in [-0.4, -0.2) is 36.1 Å². The summed E-state index contributed by atoms with van der Waals surface area (Å²) in [5, 5.41) is 3.21. The van der Waals surface area contributed by atoms with Crippen molar-refractivity contribution in [2.24, 2.45) is 11.7 Å². The molecule has 0 radical (unpaired) electrons. The van der Waals surface area contributed by atoms with Crippen LogP contribution in [0, 0.1) is 5.92 Å². The van der Waals surface area contributed by atoms with Gasteiger partial charge < -0.3 is 15.8 Å². The van der Waals surface area contributed by atoms with Gasteiger partial charge in [-0.1, -0.05) is 0 Å². The molecular formula is C13H17N3O3. The number of hydrogen-bond acceptors (Lipinski definition) is 5. The van der Waals surface area contributed by atoms with Crippen LogP contribution in [-0.2, 0) is 4.74 Å². The number of nitrogens with zero attached hydrogens (tertiary/aromatic N) is 1. The standard InChI is InChI=1S/C13H17N3O3/c14-13(18)19-12(10-3-7-16-8-4-10)11(17)9-1-5-15-6-2-9/h1-2,5-6,10,12,16H,3-4,7-8H2,(H2,14,18). The van der Waals surface area contributed by atoms with E-state index in [1.165, 1.54) is 12.4 Å². The molecule has 3 N–H and O–H groups in total. The SMILES string of the molecule is NC(=O)OC(C(=O)c1ccncc1)C1CCNCC1. The first-order chi connectivity index (χ1) is 9.18. The second kappa shape index (κ2) is 6.29. The van der Waals surface area contributed by atoms with Crippen molar-refractivity contribution in [3.63, 3.8) is 0 Å². The number of piperidine rings is 1. The van der Waals surface area contributed by atoms with E-state index >= 15 is 0 Å². The van der Waals surface area contributed by atoms with Gasteiger partial charge >= 0.3 is 6.09 Å². The molecule has 1 fully saturated rings. The molecule has 1 saturated heterocycles. The molecule has 6 heteroatoms. The van der Waals surface area contributed by atoms with Crippen LogP contribution in [0.1, 0.15) is 23.2 Å². The van der Waals surface area contributed by atoms with E-state index in [0.717, 1.165) is 25.9 Å². The summed E-state index contributed by atoms with van der Waals surface area (Å²) in [6.45, 7) is 1.62. The highest BCUT2D eigenvalue weighted by atomic mass is 16.6. The second-order valence-electron chi connectivity index (χ2n) is 4.55. The summed E-state index contributed by atoms with van der Waals surface area (Å²) in [4.78, 5) is 27.3. The molecule has 0 bridgehead atoms. The van der Waals surface area contributed by atoms with Crippen molar-refractivity contribution in [1.82, 2.24) is 10.3 Å². The smallest absolute Gasteiger partial charge is 0.405 e. The molecule has 1 atom stereocenters. The lowest BCUT2D eigenvalue weighted by Crippen LogP contribution is -2.41. The minimum absolute atomic E-state index is 0.00872. The lowest BCUT2D eigenvalue weighted by Gasteiger charge is -2.28. The zero-order valence-corrected chi connectivity index (χ0v) is 10.5. The van der Waals surface area contributed by atoms with E-state index in [0.29, 0.717) is 5.56 Å². The average Bonchev–Trinajstić information content (AvgIpc) is 2.46. The number of rotatable bonds is 4. The van der Waals surface area contributed by atoms with Gasteiger partial charge in [0.15, 0.2) is 6.10 Å². The van der Waals surface area contributed by atoms with Crippen molar-refractivity contribution >= 4 is 11.9 Å². The molecule has 1 aromatic heterocycles. The van der Waals surface area contributed by atoms with Crippen molar-refractivity contribution in [1.29, 1.82) is 0 Å². The Balaban J connectivity index is 2.16. The predicted molar refractivity (Wildman–Crippen MR) is 68.6 cm³/mol. The van der Waals surface area contributed by atoms with Gasteiger partial charge in [-0.2, -0.15) is 0 Å². The van der Waals surface area contributed by atoms with E-state index in [-0.39, 0.29) is 11.7 Å². The molecule has 0 aromatic carbocycles. The maximum Gasteiger partial charge on any atom is 0.405 e. The van der Waals surface area contributed by atoms with Crippen LogP contribution < -0.4 is 11.1 Å². The van der Waals surface area contributed by atoms with Crippen LogP contribution in [0.15, 0.2) is 24.5 Å². The third-order valence-electron chi connectivity index (χ3n) is 3.28. The van der Waals surface area contributed by atoms with Crippen molar-refractivity contribution < 1.29 is 14.3 Å². The number of pyridine rings is 1. The first-order valence-corrected chi connectivity index (χ1v) is 6.29. The highest BCUT2D eigenvalue weighted by molar-refractivity contribution is 6.00. The number of ether oxygens (including phenoxy) is 1. The van der Waals surface area contributed by atoms with Crippen LogP contribution in [0.3, 0.4) is 0 Å². The Morgan fingerprint density at radius 1 is 1.32 bits per heavy atom. The Morgan fingerprint density at radius 2 is 1.95 bits per heavy atom. The van der Waals surface area contributed by atoms with E-state index in [2.05, 4.69) is 10.3 Å². The van der Waals surface area contributed by atoms with Gasteiger partial charge in [-0.15, -0.1) is 0 Å². The number of carbonyl (C=O) groups is 2. The fourth-order valence-corrected chi connectivity index (χ4v) is 2.32.